The van der Waals surface area contributed by atoms with E-state index < -0.39 is 0 Å². The molecule has 2 rings (SSSR count). The summed E-state index contributed by atoms with van der Waals surface area (Å²) < 4.78 is 18.7. The van der Waals surface area contributed by atoms with Gasteiger partial charge in [-0.15, -0.1) is 0 Å². The van der Waals surface area contributed by atoms with Gasteiger partial charge in [0, 0.05) is 18.2 Å². The number of halogens is 1. The van der Waals surface area contributed by atoms with E-state index in [0.717, 1.165) is 24.9 Å². The van der Waals surface area contributed by atoms with Crippen molar-refractivity contribution in [2.24, 2.45) is 0 Å². The highest BCUT2D eigenvalue weighted by atomic mass is 19.1. The predicted octanol–water partition coefficient (Wildman–Crippen LogP) is 2.57. The van der Waals surface area contributed by atoms with Crippen LogP contribution < -0.4 is 5.32 Å². The van der Waals surface area contributed by atoms with Crippen LogP contribution in [-0.2, 0) is 16.9 Å². The van der Waals surface area contributed by atoms with E-state index in [1.54, 1.807) is 13.2 Å². The molecule has 2 nitrogen and oxygen atoms in total. The Bertz CT molecular complexity index is 372. The lowest BCUT2D eigenvalue weighted by Gasteiger charge is -2.25. The average Bonchev–Trinajstić information content (AvgIpc) is 2.70. The fourth-order valence-electron chi connectivity index (χ4n) is 2.30. The van der Waals surface area contributed by atoms with Crippen LogP contribution in [0.2, 0.25) is 0 Å². The van der Waals surface area contributed by atoms with Gasteiger partial charge in [0.2, 0.25) is 0 Å². The van der Waals surface area contributed by atoms with E-state index in [9.17, 15) is 4.39 Å². The number of methoxy groups -OCH3 is 1. The van der Waals surface area contributed by atoms with Gasteiger partial charge < -0.3 is 10.1 Å². The maximum atomic E-state index is 13.8. The monoisotopic (exact) mass is 223 g/mol. The summed E-state index contributed by atoms with van der Waals surface area (Å²) >= 11 is 0. The van der Waals surface area contributed by atoms with Gasteiger partial charge in [0.1, 0.15) is 5.82 Å². The fraction of sp³-hybridized carbons (Fsp3) is 0.538. The van der Waals surface area contributed by atoms with Crippen molar-refractivity contribution in [2.75, 3.05) is 13.7 Å². The van der Waals surface area contributed by atoms with Crippen LogP contribution in [0.15, 0.2) is 18.2 Å². The number of nitrogens with one attached hydrogen (secondary N) is 1. The quantitative estimate of drug-likeness (QED) is 0.850. The highest BCUT2D eigenvalue weighted by molar-refractivity contribution is 5.30. The summed E-state index contributed by atoms with van der Waals surface area (Å²) in [7, 11) is 1.58. The zero-order chi connectivity index (χ0) is 11.6. The zero-order valence-electron chi connectivity index (χ0n) is 9.85. The molecule has 88 valence electrons. The van der Waals surface area contributed by atoms with Gasteiger partial charge in [-0.3, -0.25) is 0 Å². The van der Waals surface area contributed by atoms with Crippen LogP contribution in [0.25, 0.3) is 0 Å². The minimum Gasteiger partial charge on any atom is -0.380 e. The van der Waals surface area contributed by atoms with Crippen molar-refractivity contribution in [2.45, 2.75) is 31.9 Å². The zero-order valence-corrected chi connectivity index (χ0v) is 9.85. The fourth-order valence-corrected chi connectivity index (χ4v) is 2.30. The van der Waals surface area contributed by atoms with Gasteiger partial charge in [0.15, 0.2) is 0 Å². The molecule has 1 heterocycles. The van der Waals surface area contributed by atoms with Gasteiger partial charge in [-0.25, -0.2) is 4.39 Å². The molecule has 1 aromatic carbocycles. The van der Waals surface area contributed by atoms with Crippen LogP contribution in [0.4, 0.5) is 4.39 Å². The molecule has 1 N–H and O–H groups in total. The number of hydrogen-bond donors (Lipinski definition) is 1. The lowest BCUT2D eigenvalue weighted by Crippen LogP contribution is -2.33. The minimum atomic E-state index is -0.172. The van der Waals surface area contributed by atoms with Gasteiger partial charge in [-0.05, 0) is 37.9 Å². The van der Waals surface area contributed by atoms with Gasteiger partial charge >= 0.3 is 0 Å². The second-order valence-corrected chi connectivity index (χ2v) is 4.60. The SMILES string of the molecule is COCc1ccc(C2(C)CCCN2)cc1F. The first-order chi connectivity index (χ1) is 7.65. The standard InChI is InChI=1S/C13H18FNO/c1-13(6-3-7-15-13)11-5-4-10(9-16-2)12(14)8-11/h4-5,8,15H,3,6-7,9H2,1-2H3. The predicted molar refractivity (Wildman–Crippen MR) is 61.7 cm³/mol. The summed E-state index contributed by atoms with van der Waals surface area (Å²) in [4.78, 5) is 0. The summed E-state index contributed by atoms with van der Waals surface area (Å²) in [5.74, 6) is -0.172. The highest BCUT2D eigenvalue weighted by Gasteiger charge is 2.30. The molecule has 16 heavy (non-hydrogen) atoms. The molecule has 0 aliphatic carbocycles. The molecule has 1 atom stereocenters. The first-order valence-corrected chi connectivity index (χ1v) is 5.68. The van der Waals surface area contributed by atoms with Crippen molar-refractivity contribution in [3.63, 3.8) is 0 Å². The Hall–Kier alpha value is -0.930. The molecular weight excluding hydrogens is 205 g/mol. The van der Waals surface area contributed by atoms with Crippen molar-refractivity contribution in [1.29, 1.82) is 0 Å². The average molecular weight is 223 g/mol. The van der Waals surface area contributed by atoms with E-state index in [1.165, 1.54) is 0 Å². The Morgan fingerprint density at radius 1 is 1.50 bits per heavy atom. The van der Waals surface area contributed by atoms with Crippen molar-refractivity contribution in [3.8, 4) is 0 Å². The van der Waals surface area contributed by atoms with Crippen LogP contribution in [0.5, 0.6) is 0 Å². The second kappa shape index (κ2) is 4.52. The Morgan fingerprint density at radius 3 is 2.88 bits per heavy atom. The molecule has 1 saturated heterocycles. The molecule has 0 amide bonds. The van der Waals surface area contributed by atoms with E-state index >= 15 is 0 Å². The van der Waals surface area contributed by atoms with Crippen LogP contribution in [-0.4, -0.2) is 13.7 Å². The van der Waals surface area contributed by atoms with Crippen LogP contribution in [0, 0.1) is 5.82 Å². The normalized spacial score (nSPS) is 24.9. The summed E-state index contributed by atoms with van der Waals surface area (Å²) in [6.07, 6.45) is 2.22. The first kappa shape index (κ1) is 11.6. The molecule has 1 fully saturated rings. The maximum absolute atomic E-state index is 13.8. The van der Waals surface area contributed by atoms with Crippen molar-refractivity contribution in [1.82, 2.24) is 5.32 Å². The maximum Gasteiger partial charge on any atom is 0.129 e. The minimum absolute atomic E-state index is 0.0631. The summed E-state index contributed by atoms with van der Waals surface area (Å²) in [5, 5.41) is 3.43. The summed E-state index contributed by atoms with van der Waals surface area (Å²) in [6.45, 7) is 3.47. The molecule has 1 aliphatic heterocycles. The third-order valence-corrected chi connectivity index (χ3v) is 3.36. The molecule has 0 spiro atoms. The van der Waals surface area contributed by atoms with E-state index in [2.05, 4.69) is 12.2 Å². The van der Waals surface area contributed by atoms with E-state index in [1.807, 2.05) is 12.1 Å². The summed E-state index contributed by atoms with van der Waals surface area (Å²) in [6, 6.07) is 5.45. The van der Waals surface area contributed by atoms with Crippen molar-refractivity contribution < 1.29 is 9.13 Å². The van der Waals surface area contributed by atoms with Crippen LogP contribution in [0.1, 0.15) is 30.9 Å². The lowest BCUT2D eigenvalue weighted by molar-refractivity contribution is 0.181. The molecule has 0 bridgehead atoms. The second-order valence-electron chi connectivity index (χ2n) is 4.60. The Balaban J connectivity index is 2.26. The van der Waals surface area contributed by atoms with Crippen LogP contribution in [0.3, 0.4) is 0 Å². The Labute approximate surface area is 95.8 Å². The van der Waals surface area contributed by atoms with Gasteiger partial charge in [0.05, 0.1) is 6.61 Å². The molecule has 0 radical (unpaired) electrons. The molecule has 1 aromatic rings. The Morgan fingerprint density at radius 2 is 2.31 bits per heavy atom. The Kier molecular flexibility index (Phi) is 3.26. The van der Waals surface area contributed by atoms with Crippen molar-refractivity contribution >= 4 is 0 Å². The topological polar surface area (TPSA) is 21.3 Å². The number of rotatable bonds is 3. The molecular formula is C13H18FNO. The van der Waals surface area contributed by atoms with Crippen LogP contribution >= 0.6 is 0 Å². The lowest BCUT2D eigenvalue weighted by atomic mass is 9.90. The largest absolute Gasteiger partial charge is 0.380 e. The molecule has 0 aromatic heterocycles. The molecule has 0 saturated carbocycles. The number of hydrogen-bond acceptors (Lipinski definition) is 2. The molecule has 3 heteroatoms. The van der Waals surface area contributed by atoms with Gasteiger partial charge in [-0.2, -0.15) is 0 Å². The van der Waals surface area contributed by atoms with E-state index in [-0.39, 0.29) is 11.4 Å². The van der Waals surface area contributed by atoms with E-state index in [0.29, 0.717) is 12.2 Å². The highest BCUT2D eigenvalue weighted by Crippen LogP contribution is 2.31. The van der Waals surface area contributed by atoms with Gasteiger partial charge in [-0.1, -0.05) is 12.1 Å². The van der Waals surface area contributed by atoms with E-state index in [4.69, 9.17) is 4.74 Å². The van der Waals surface area contributed by atoms with Gasteiger partial charge in [0.25, 0.3) is 0 Å². The third-order valence-electron chi connectivity index (χ3n) is 3.36. The first-order valence-electron chi connectivity index (χ1n) is 5.68. The third kappa shape index (κ3) is 2.11. The summed E-state index contributed by atoms with van der Waals surface area (Å²) in [5.41, 5.74) is 1.59. The smallest absolute Gasteiger partial charge is 0.129 e. The molecule has 1 aliphatic rings. The van der Waals surface area contributed by atoms with Crippen molar-refractivity contribution in [3.05, 3.63) is 35.1 Å². The number of ether oxygens (including phenoxy) is 1. The molecule has 1 unspecified atom stereocenters. The number of benzene rings is 1.